The van der Waals surface area contributed by atoms with Crippen LogP contribution in [-0.4, -0.2) is 89.0 Å². The number of aliphatic hydroxyl groups is 4. The van der Waals surface area contributed by atoms with E-state index in [1.807, 2.05) is 0 Å². The first-order valence-electron chi connectivity index (χ1n) is 23.4. The van der Waals surface area contributed by atoms with Gasteiger partial charge in [0.15, 0.2) is 12.4 Å². The lowest BCUT2D eigenvalue weighted by atomic mass is 9.99. The zero-order valence-corrected chi connectivity index (χ0v) is 36.3. The molecular weight excluding hydrogens is 725 g/mol. The normalized spacial score (nSPS) is 20.4. The number of aliphatic hydroxyl groups excluding tert-OH is 4. The molecular formula is C47H86O10. The van der Waals surface area contributed by atoms with Crippen LogP contribution in [-0.2, 0) is 28.5 Å². The van der Waals surface area contributed by atoms with Crippen molar-refractivity contribution >= 4 is 11.9 Å². The Morgan fingerprint density at radius 1 is 0.526 bits per heavy atom. The van der Waals surface area contributed by atoms with Gasteiger partial charge in [-0.3, -0.25) is 9.59 Å². The Balaban J connectivity index is 2.32. The molecule has 0 amide bonds. The summed E-state index contributed by atoms with van der Waals surface area (Å²) in [6.45, 7) is 3.40. The summed E-state index contributed by atoms with van der Waals surface area (Å²) in [4.78, 5) is 25.3. The molecule has 1 fully saturated rings. The molecule has 0 spiro atoms. The fourth-order valence-electron chi connectivity index (χ4n) is 7.06. The van der Waals surface area contributed by atoms with Gasteiger partial charge in [0.25, 0.3) is 0 Å². The lowest BCUT2D eigenvalue weighted by Crippen LogP contribution is -2.59. The van der Waals surface area contributed by atoms with Gasteiger partial charge in [0.2, 0.25) is 0 Å². The number of hydrogen-bond acceptors (Lipinski definition) is 10. The third-order valence-corrected chi connectivity index (χ3v) is 10.8. The van der Waals surface area contributed by atoms with Gasteiger partial charge >= 0.3 is 11.9 Å². The van der Waals surface area contributed by atoms with Gasteiger partial charge in [-0.1, -0.05) is 154 Å². The standard InChI is InChI=1S/C47H86O10/c1-3-5-7-9-11-13-15-17-19-20-22-23-25-27-29-31-33-35-42(49)54-38-40(39-55-47-46(53)45(52)44(51)41(37-48)57-47)56-43(50)36-34-32-30-28-26-24-21-18-16-14-12-10-8-6-4-2/h13,15,26,28,40-41,44-48,51-53H,3-12,14,16-25,27,29-39H2,1-2H3/b15-13+,28-26+/t40-,41-,44+,45?,46?,47-/m0/s1. The molecule has 57 heavy (non-hydrogen) atoms. The number of hydrogen-bond donors (Lipinski definition) is 4. The Kier molecular flexibility index (Phi) is 35.8. The maximum absolute atomic E-state index is 12.8. The highest BCUT2D eigenvalue weighted by Gasteiger charge is 2.44. The van der Waals surface area contributed by atoms with Crippen LogP contribution < -0.4 is 0 Å². The molecule has 10 heteroatoms. The molecule has 10 nitrogen and oxygen atoms in total. The van der Waals surface area contributed by atoms with E-state index < -0.39 is 49.4 Å². The van der Waals surface area contributed by atoms with E-state index in [1.165, 1.54) is 128 Å². The van der Waals surface area contributed by atoms with Crippen molar-refractivity contribution in [2.75, 3.05) is 19.8 Å². The highest BCUT2D eigenvalue weighted by atomic mass is 16.7. The Morgan fingerprint density at radius 3 is 1.42 bits per heavy atom. The molecule has 1 rings (SSSR count). The molecule has 0 aromatic carbocycles. The molecule has 0 aromatic heterocycles. The highest BCUT2D eigenvalue weighted by Crippen LogP contribution is 2.23. The Hall–Kier alpha value is -1.82. The van der Waals surface area contributed by atoms with Gasteiger partial charge in [0.05, 0.1) is 13.2 Å². The monoisotopic (exact) mass is 811 g/mol. The van der Waals surface area contributed by atoms with Gasteiger partial charge in [-0.25, -0.2) is 0 Å². The number of esters is 2. The SMILES string of the molecule is CCCCCC/C=C/CCCCCCCCCCCC(=O)OC[C@@H](CO[C@H]1O[C@@H](CO)[C@@H](O)C(O)C1O)OC(=O)CCCC/C=C/CCCCCCCCCCC. The Labute approximate surface area is 347 Å². The summed E-state index contributed by atoms with van der Waals surface area (Å²) in [6, 6.07) is 0. The number of unbranched alkanes of at least 4 members (excludes halogenated alkanes) is 24. The summed E-state index contributed by atoms with van der Waals surface area (Å²) in [5, 5.41) is 40.1. The lowest BCUT2D eigenvalue weighted by Gasteiger charge is -2.39. The minimum atomic E-state index is -1.60. The topological polar surface area (TPSA) is 152 Å². The second-order valence-electron chi connectivity index (χ2n) is 16.2. The summed E-state index contributed by atoms with van der Waals surface area (Å²) in [5.74, 6) is -0.828. The summed E-state index contributed by atoms with van der Waals surface area (Å²) < 4.78 is 22.2. The van der Waals surface area contributed by atoms with E-state index in [-0.39, 0.29) is 32.0 Å². The first-order valence-corrected chi connectivity index (χ1v) is 23.4. The van der Waals surface area contributed by atoms with Crippen LogP contribution in [0.15, 0.2) is 24.3 Å². The maximum atomic E-state index is 12.8. The molecule has 0 bridgehead atoms. The third kappa shape index (κ3) is 30.0. The molecule has 1 heterocycles. The van der Waals surface area contributed by atoms with Crippen LogP contribution in [0.5, 0.6) is 0 Å². The van der Waals surface area contributed by atoms with Crippen molar-refractivity contribution in [1.29, 1.82) is 0 Å². The van der Waals surface area contributed by atoms with E-state index in [1.54, 1.807) is 0 Å². The molecule has 1 aliphatic rings. The second kappa shape index (κ2) is 38.4. The number of ether oxygens (including phenoxy) is 4. The first-order chi connectivity index (χ1) is 27.8. The zero-order chi connectivity index (χ0) is 41.6. The molecule has 4 N–H and O–H groups in total. The predicted molar refractivity (Wildman–Crippen MR) is 229 cm³/mol. The molecule has 1 saturated heterocycles. The van der Waals surface area contributed by atoms with Gasteiger partial charge in [0.1, 0.15) is 31.0 Å². The van der Waals surface area contributed by atoms with Crippen LogP contribution in [0, 0.1) is 0 Å². The highest BCUT2D eigenvalue weighted by molar-refractivity contribution is 5.70. The van der Waals surface area contributed by atoms with Crippen LogP contribution >= 0.6 is 0 Å². The molecule has 6 atom stereocenters. The fraction of sp³-hybridized carbons (Fsp3) is 0.872. The number of carbonyl (C=O) groups is 2. The van der Waals surface area contributed by atoms with Crippen molar-refractivity contribution in [2.45, 2.75) is 243 Å². The Bertz CT molecular complexity index is 985. The van der Waals surface area contributed by atoms with Crippen molar-refractivity contribution in [3.63, 3.8) is 0 Å². The molecule has 0 aliphatic carbocycles. The molecule has 2 unspecified atom stereocenters. The van der Waals surface area contributed by atoms with Gasteiger partial charge in [-0.15, -0.1) is 0 Å². The van der Waals surface area contributed by atoms with Crippen molar-refractivity contribution in [3.8, 4) is 0 Å². The summed E-state index contributed by atoms with van der Waals surface area (Å²) in [7, 11) is 0. The van der Waals surface area contributed by atoms with E-state index >= 15 is 0 Å². The molecule has 334 valence electrons. The molecule has 1 aliphatic heterocycles. The lowest BCUT2D eigenvalue weighted by molar-refractivity contribution is -0.305. The number of rotatable bonds is 39. The predicted octanol–water partition coefficient (Wildman–Crippen LogP) is 10.1. The largest absolute Gasteiger partial charge is 0.462 e. The van der Waals surface area contributed by atoms with E-state index in [2.05, 4.69) is 38.2 Å². The summed E-state index contributed by atoms with van der Waals surface area (Å²) in [5.41, 5.74) is 0. The van der Waals surface area contributed by atoms with Crippen molar-refractivity contribution in [2.24, 2.45) is 0 Å². The first kappa shape index (κ1) is 53.2. The van der Waals surface area contributed by atoms with Crippen LogP contribution in [0.25, 0.3) is 0 Å². The van der Waals surface area contributed by atoms with Crippen LogP contribution in [0.3, 0.4) is 0 Å². The summed E-state index contributed by atoms with van der Waals surface area (Å²) in [6.07, 6.45) is 34.7. The van der Waals surface area contributed by atoms with Crippen molar-refractivity contribution in [1.82, 2.24) is 0 Å². The van der Waals surface area contributed by atoms with E-state index in [0.717, 1.165) is 44.9 Å². The van der Waals surface area contributed by atoms with E-state index in [9.17, 15) is 30.0 Å². The average molecular weight is 811 g/mol. The zero-order valence-electron chi connectivity index (χ0n) is 36.3. The quantitative estimate of drug-likeness (QED) is 0.0268. The fourth-order valence-corrected chi connectivity index (χ4v) is 7.06. The maximum Gasteiger partial charge on any atom is 0.306 e. The van der Waals surface area contributed by atoms with Gasteiger partial charge in [0, 0.05) is 12.8 Å². The molecule has 0 radical (unpaired) electrons. The number of allylic oxidation sites excluding steroid dienone is 4. The third-order valence-electron chi connectivity index (χ3n) is 10.8. The average Bonchev–Trinajstić information content (AvgIpc) is 3.21. The van der Waals surface area contributed by atoms with Crippen LogP contribution in [0.2, 0.25) is 0 Å². The van der Waals surface area contributed by atoms with Gasteiger partial charge < -0.3 is 39.4 Å². The Morgan fingerprint density at radius 2 is 0.930 bits per heavy atom. The minimum absolute atomic E-state index is 0.202. The molecule has 0 aromatic rings. The molecule has 0 saturated carbocycles. The van der Waals surface area contributed by atoms with Gasteiger partial charge in [-0.2, -0.15) is 0 Å². The van der Waals surface area contributed by atoms with Crippen LogP contribution in [0.1, 0.15) is 206 Å². The minimum Gasteiger partial charge on any atom is -0.462 e. The van der Waals surface area contributed by atoms with Gasteiger partial charge in [-0.05, 0) is 64.2 Å². The van der Waals surface area contributed by atoms with Crippen molar-refractivity contribution in [3.05, 3.63) is 24.3 Å². The second-order valence-corrected chi connectivity index (χ2v) is 16.2. The van der Waals surface area contributed by atoms with E-state index in [0.29, 0.717) is 6.42 Å². The van der Waals surface area contributed by atoms with Crippen molar-refractivity contribution < 1.29 is 49.0 Å². The number of carbonyl (C=O) groups excluding carboxylic acids is 2. The van der Waals surface area contributed by atoms with E-state index in [4.69, 9.17) is 18.9 Å². The summed E-state index contributed by atoms with van der Waals surface area (Å²) >= 11 is 0. The smallest absolute Gasteiger partial charge is 0.306 e. The van der Waals surface area contributed by atoms with Crippen LogP contribution in [0.4, 0.5) is 0 Å².